The summed E-state index contributed by atoms with van der Waals surface area (Å²) in [6.45, 7) is -1.98. The van der Waals surface area contributed by atoms with Crippen LogP contribution in [-0.2, 0) is 13.0 Å². The van der Waals surface area contributed by atoms with Gasteiger partial charge in [0.25, 0.3) is 0 Å². The summed E-state index contributed by atoms with van der Waals surface area (Å²) in [6, 6.07) is 12.5. The third-order valence-corrected chi connectivity index (χ3v) is 3.59. The van der Waals surface area contributed by atoms with E-state index in [0.29, 0.717) is 31.0 Å². The van der Waals surface area contributed by atoms with E-state index in [-0.39, 0.29) is 17.4 Å². The number of para-hydroxylation sites is 1. The molecule has 1 heterocycles. The fraction of sp³-hybridized carbons (Fsp3) is 0.222. The van der Waals surface area contributed by atoms with E-state index in [0.717, 1.165) is 5.56 Å². The van der Waals surface area contributed by atoms with Crippen LogP contribution in [0.4, 0.5) is 13.2 Å². The molecule has 0 atom stereocenters. The summed E-state index contributed by atoms with van der Waals surface area (Å²) < 4.78 is 47.4. The molecule has 1 N–H and O–H groups in total. The van der Waals surface area contributed by atoms with Crippen molar-refractivity contribution in [2.45, 2.75) is 19.6 Å². The van der Waals surface area contributed by atoms with Crippen LogP contribution in [0.15, 0.2) is 53.1 Å². The smallest absolute Gasteiger partial charge is 0.387 e. The molecule has 0 amide bonds. The Morgan fingerprint density at radius 1 is 1.08 bits per heavy atom. The maximum atomic E-state index is 12.8. The number of halogens is 3. The van der Waals surface area contributed by atoms with E-state index in [1.54, 1.807) is 30.3 Å². The molecule has 0 saturated heterocycles. The summed E-state index contributed by atoms with van der Waals surface area (Å²) in [6.07, 6.45) is 0.715. The fourth-order valence-electron chi connectivity index (χ4n) is 2.37. The van der Waals surface area contributed by atoms with Gasteiger partial charge >= 0.3 is 6.61 Å². The van der Waals surface area contributed by atoms with Gasteiger partial charge in [0.05, 0.1) is 12.1 Å². The van der Waals surface area contributed by atoms with Crippen molar-refractivity contribution in [1.29, 1.82) is 0 Å². The number of hydrogen-bond donors (Lipinski definition) is 1. The van der Waals surface area contributed by atoms with Crippen LogP contribution in [0.2, 0.25) is 0 Å². The van der Waals surface area contributed by atoms with Crippen molar-refractivity contribution in [2.24, 2.45) is 0 Å². The van der Waals surface area contributed by atoms with E-state index < -0.39 is 6.61 Å². The van der Waals surface area contributed by atoms with Crippen molar-refractivity contribution in [1.82, 2.24) is 15.5 Å². The maximum Gasteiger partial charge on any atom is 0.387 e. The van der Waals surface area contributed by atoms with Crippen LogP contribution in [0.25, 0.3) is 11.4 Å². The van der Waals surface area contributed by atoms with E-state index in [9.17, 15) is 13.2 Å². The highest BCUT2D eigenvalue weighted by molar-refractivity contribution is 5.63. The second kappa shape index (κ2) is 8.48. The summed E-state index contributed by atoms with van der Waals surface area (Å²) in [5, 5.41) is 6.94. The molecule has 2 aromatic carbocycles. The molecule has 8 heteroatoms. The van der Waals surface area contributed by atoms with Crippen molar-refractivity contribution < 1.29 is 22.4 Å². The highest BCUT2D eigenvalue weighted by atomic mass is 19.3. The van der Waals surface area contributed by atoms with Crippen molar-refractivity contribution in [3.63, 3.8) is 0 Å². The normalized spacial score (nSPS) is 11.1. The average molecular weight is 363 g/mol. The minimum absolute atomic E-state index is 0.0147. The molecule has 26 heavy (non-hydrogen) atoms. The van der Waals surface area contributed by atoms with Gasteiger partial charge in [-0.2, -0.15) is 13.8 Å². The molecule has 0 spiro atoms. The first-order chi connectivity index (χ1) is 12.6. The molecule has 3 rings (SSSR count). The lowest BCUT2D eigenvalue weighted by atomic mass is 10.1. The van der Waals surface area contributed by atoms with E-state index in [1.165, 1.54) is 18.2 Å². The molecule has 0 fully saturated rings. The van der Waals surface area contributed by atoms with Gasteiger partial charge in [-0.3, -0.25) is 0 Å². The van der Waals surface area contributed by atoms with Crippen molar-refractivity contribution in [2.75, 3.05) is 6.54 Å². The van der Waals surface area contributed by atoms with E-state index in [4.69, 9.17) is 4.52 Å². The molecule has 0 aliphatic rings. The minimum atomic E-state index is -2.93. The summed E-state index contributed by atoms with van der Waals surface area (Å²) in [4.78, 5) is 4.19. The number of nitrogens with one attached hydrogen (secondary N) is 1. The molecular formula is C18H16F3N3O2. The van der Waals surface area contributed by atoms with E-state index in [1.807, 2.05) is 0 Å². The van der Waals surface area contributed by atoms with Crippen LogP contribution < -0.4 is 10.1 Å². The number of benzene rings is 2. The second-order valence-electron chi connectivity index (χ2n) is 5.44. The van der Waals surface area contributed by atoms with E-state index in [2.05, 4.69) is 20.2 Å². The molecular weight excluding hydrogens is 347 g/mol. The first-order valence-corrected chi connectivity index (χ1v) is 7.94. The molecule has 1 aromatic heterocycles. The first kappa shape index (κ1) is 17.9. The molecule has 5 nitrogen and oxygen atoms in total. The molecule has 0 unspecified atom stereocenters. The lowest BCUT2D eigenvalue weighted by Gasteiger charge is -2.07. The molecule has 0 bridgehead atoms. The van der Waals surface area contributed by atoms with Crippen molar-refractivity contribution >= 4 is 0 Å². The molecule has 0 aliphatic heterocycles. The summed E-state index contributed by atoms with van der Waals surface area (Å²) in [5.74, 6) is 0.220. The SMILES string of the molecule is Fc1ccc(CCNCc2nc(-c3ccccc3OC(F)F)no2)cc1. The number of hydrogen-bond acceptors (Lipinski definition) is 5. The van der Waals surface area contributed by atoms with Crippen LogP contribution in [0, 0.1) is 5.82 Å². The van der Waals surface area contributed by atoms with Crippen LogP contribution in [0.1, 0.15) is 11.5 Å². The van der Waals surface area contributed by atoms with Gasteiger partial charge in [-0.05, 0) is 42.8 Å². The Kier molecular flexibility index (Phi) is 5.85. The summed E-state index contributed by atoms with van der Waals surface area (Å²) in [5.41, 5.74) is 1.33. The van der Waals surface area contributed by atoms with Gasteiger partial charge in [0, 0.05) is 0 Å². The van der Waals surface area contributed by atoms with Crippen LogP contribution in [0.5, 0.6) is 5.75 Å². The Bertz CT molecular complexity index is 838. The van der Waals surface area contributed by atoms with Crippen molar-refractivity contribution in [3.8, 4) is 17.1 Å². The third kappa shape index (κ3) is 4.82. The Hall–Kier alpha value is -2.87. The van der Waals surface area contributed by atoms with Crippen LogP contribution >= 0.6 is 0 Å². The third-order valence-electron chi connectivity index (χ3n) is 3.59. The Morgan fingerprint density at radius 2 is 1.85 bits per heavy atom. The van der Waals surface area contributed by atoms with Gasteiger partial charge in [-0.1, -0.05) is 29.4 Å². The zero-order chi connectivity index (χ0) is 18.4. The van der Waals surface area contributed by atoms with Gasteiger partial charge in [0.15, 0.2) is 0 Å². The zero-order valence-electron chi connectivity index (χ0n) is 13.7. The first-order valence-electron chi connectivity index (χ1n) is 7.94. The zero-order valence-corrected chi connectivity index (χ0v) is 13.7. The highest BCUT2D eigenvalue weighted by Gasteiger charge is 2.15. The van der Waals surface area contributed by atoms with Gasteiger partial charge in [-0.15, -0.1) is 0 Å². The predicted molar refractivity (Wildman–Crippen MR) is 88.2 cm³/mol. The molecule has 0 aliphatic carbocycles. The highest BCUT2D eigenvalue weighted by Crippen LogP contribution is 2.28. The molecule has 0 saturated carbocycles. The van der Waals surface area contributed by atoms with Crippen LogP contribution in [0.3, 0.4) is 0 Å². The number of aromatic nitrogens is 2. The Morgan fingerprint density at radius 3 is 2.62 bits per heavy atom. The van der Waals surface area contributed by atoms with Gasteiger partial charge in [0.1, 0.15) is 11.6 Å². The fourth-order valence-corrected chi connectivity index (χ4v) is 2.37. The second-order valence-corrected chi connectivity index (χ2v) is 5.44. The number of rotatable bonds is 8. The largest absolute Gasteiger partial charge is 0.434 e. The Balaban J connectivity index is 1.56. The molecule has 136 valence electrons. The topological polar surface area (TPSA) is 60.2 Å². The van der Waals surface area contributed by atoms with Gasteiger partial charge in [-0.25, -0.2) is 4.39 Å². The maximum absolute atomic E-state index is 12.8. The standard InChI is InChI=1S/C18H16F3N3O2/c19-13-7-5-12(6-8-13)9-10-22-11-16-23-17(24-26-16)14-3-1-2-4-15(14)25-18(20)21/h1-8,18,22H,9-11H2. The minimum Gasteiger partial charge on any atom is -0.434 e. The van der Waals surface area contributed by atoms with Gasteiger partial charge < -0.3 is 14.6 Å². The Labute approximate surface area is 147 Å². The quantitative estimate of drug-likeness (QED) is 0.617. The number of nitrogens with zero attached hydrogens (tertiary/aromatic N) is 2. The van der Waals surface area contributed by atoms with E-state index >= 15 is 0 Å². The summed E-state index contributed by atoms with van der Waals surface area (Å²) >= 11 is 0. The average Bonchev–Trinajstić information content (AvgIpc) is 3.09. The lowest BCUT2D eigenvalue weighted by Crippen LogP contribution is -2.16. The monoisotopic (exact) mass is 363 g/mol. The molecule has 0 radical (unpaired) electrons. The number of alkyl halides is 2. The molecule has 3 aromatic rings. The van der Waals surface area contributed by atoms with Gasteiger partial charge in [0.2, 0.25) is 11.7 Å². The van der Waals surface area contributed by atoms with Crippen LogP contribution in [-0.4, -0.2) is 23.3 Å². The predicted octanol–water partition coefficient (Wildman–Crippen LogP) is 3.81. The van der Waals surface area contributed by atoms with Crippen molar-refractivity contribution in [3.05, 3.63) is 65.8 Å². The number of ether oxygens (including phenoxy) is 1. The lowest BCUT2D eigenvalue weighted by molar-refractivity contribution is -0.0494. The summed E-state index contributed by atoms with van der Waals surface area (Å²) in [7, 11) is 0.